The van der Waals surface area contributed by atoms with Crippen LogP contribution in [-0.2, 0) is 10.2 Å². The van der Waals surface area contributed by atoms with Crippen molar-refractivity contribution in [1.29, 1.82) is 0 Å². The molecule has 1 N–H and O–H groups in total. The van der Waals surface area contributed by atoms with Crippen LogP contribution < -0.4 is 10.2 Å². The van der Waals surface area contributed by atoms with Crippen molar-refractivity contribution >= 4 is 17.3 Å². The third-order valence-corrected chi connectivity index (χ3v) is 6.08. The molecule has 0 radical (unpaired) electrons. The van der Waals surface area contributed by atoms with E-state index in [0.717, 1.165) is 50.8 Å². The molecule has 1 saturated carbocycles. The molecule has 2 aromatic rings. The first-order chi connectivity index (χ1) is 13.2. The van der Waals surface area contributed by atoms with Crippen LogP contribution in [0.25, 0.3) is 0 Å². The Morgan fingerprint density at radius 2 is 2.11 bits per heavy atom. The van der Waals surface area contributed by atoms with E-state index in [1.54, 1.807) is 6.20 Å². The summed E-state index contributed by atoms with van der Waals surface area (Å²) in [5.41, 5.74) is 4.00. The van der Waals surface area contributed by atoms with Crippen LogP contribution in [0.4, 0.5) is 11.4 Å². The molecule has 2 fully saturated rings. The molecule has 1 aromatic carbocycles. The van der Waals surface area contributed by atoms with Gasteiger partial charge in [0.2, 0.25) is 0 Å². The van der Waals surface area contributed by atoms with Gasteiger partial charge >= 0.3 is 0 Å². The molecule has 1 aliphatic carbocycles. The number of fused-ring (bicyclic) bond motifs is 2. The Bertz CT molecular complexity index is 845. The molecule has 6 nitrogen and oxygen atoms in total. The Labute approximate surface area is 159 Å². The lowest BCUT2D eigenvalue weighted by Crippen LogP contribution is -2.39. The quantitative estimate of drug-likeness (QED) is 0.903. The van der Waals surface area contributed by atoms with E-state index < -0.39 is 0 Å². The lowest BCUT2D eigenvalue weighted by molar-refractivity contribution is 0.0553. The lowest BCUT2D eigenvalue weighted by atomic mass is 9.76. The summed E-state index contributed by atoms with van der Waals surface area (Å²) in [6, 6.07) is 6.35. The first kappa shape index (κ1) is 16.7. The molecule has 3 aliphatic rings. The molecule has 3 heterocycles. The van der Waals surface area contributed by atoms with Crippen molar-refractivity contribution in [2.24, 2.45) is 5.92 Å². The maximum atomic E-state index is 12.5. The van der Waals surface area contributed by atoms with Crippen LogP contribution in [0.2, 0.25) is 0 Å². The molecule has 0 atom stereocenters. The highest BCUT2D eigenvalue weighted by Gasteiger charge is 2.44. The third kappa shape index (κ3) is 3.18. The fourth-order valence-electron chi connectivity index (χ4n) is 4.43. The summed E-state index contributed by atoms with van der Waals surface area (Å²) in [5, 5.41) is 2.99. The van der Waals surface area contributed by atoms with Gasteiger partial charge in [0.15, 0.2) is 0 Å². The fraction of sp³-hybridized carbons (Fsp3) is 0.476. The molecule has 1 amide bonds. The van der Waals surface area contributed by atoms with Crippen molar-refractivity contribution in [3.8, 4) is 0 Å². The van der Waals surface area contributed by atoms with Gasteiger partial charge in [-0.25, -0.2) is 4.98 Å². The second-order valence-corrected chi connectivity index (χ2v) is 7.99. The molecule has 27 heavy (non-hydrogen) atoms. The van der Waals surface area contributed by atoms with Gasteiger partial charge in [-0.2, -0.15) is 0 Å². The van der Waals surface area contributed by atoms with Crippen molar-refractivity contribution in [2.75, 3.05) is 36.5 Å². The molecule has 5 rings (SSSR count). The maximum Gasteiger partial charge on any atom is 0.275 e. The Hall–Kier alpha value is -2.47. The van der Waals surface area contributed by atoms with Crippen molar-refractivity contribution < 1.29 is 9.53 Å². The fourth-order valence-corrected chi connectivity index (χ4v) is 4.43. The summed E-state index contributed by atoms with van der Waals surface area (Å²) in [7, 11) is 0. The third-order valence-electron chi connectivity index (χ3n) is 6.08. The Kier molecular flexibility index (Phi) is 4.08. The second kappa shape index (κ2) is 6.60. The van der Waals surface area contributed by atoms with Gasteiger partial charge in [0.1, 0.15) is 5.69 Å². The highest BCUT2D eigenvalue weighted by Crippen LogP contribution is 2.48. The summed E-state index contributed by atoms with van der Waals surface area (Å²) in [6.07, 6.45) is 9.38. The van der Waals surface area contributed by atoms with Gasteiger partial charge in [0.05, 0.1) is 6.20 Å². The highest BCUT2D eigenvalue weighted by atomic mass is 16.5. The number of hydrogen-bond donors (Lipinski definition) is 1. The molecule has 1 saturated heterocycles. The zero-order valence-corrected chi connectivity index (χ0v) is 15.4. The van der Waals surface area contributed by atoms with Gasteiger partial charge in [-0.05, 0) is 55.4 Å². The Morgan fingerprint density at radius 3 is 2.85 bits per heavy atom. The van der Waals surface area contributed by atoms with Crippen molar-refractivity contribution in [2.45, 2.75) is 31.1 Å². The zero-order valence-electron chi connectivity index (χ0n) is 15.4. The minimum Gasteiger partial charge on any atom is -0.381 e. The second-order valence-electron chi connectivity index (χ2n) is 7.99. The van der Waals surface area contributed by atoms with Crippen molar-refractivity contribution in [1.82, 2.24) is 9.97 Å². The topological polar surface area (TPSA) is 67.3 Å². The summed E-state index contributed by atoms with van der Waals surface area (Å²) in [6.45, 7) is 3.85. The van der Waals surface area contributed by atoms with Crippen LogP contribution in [0.1, 0.15) is 41.7 Å². The van der Waals surface area contributed by atoms with E-state index >= 15 is 0 Å². The van der Waals surface area contributed by atoms with E-state index in [4.69, 9.17) is 4.74 Å². The molecule has 6 heteroatoms. The van der Waals surface area contributed by atoms with E-state index in [-0.39, 0.29) is 11.3 Å². The normalized spacial score (nSPS) is 20.5. The van der Waals surface area contributed by atoms with Gasteiger partial charge < -0.3 is 15.0 Å². The van der Waals surface area contributed by atoms with E-state index in [0.29, 0.717) is 5.69 Å². The van der Waals surface area contributed by atoms with Crippen molar-refractivity contribution in [3.05, 3.63) is 48.0 Å². The van der Waals surface area contributed by atoms with Crippen molar-refractivity contribution in [3.63, 3.8) is 0 Å². The average Bonchev–Trinajstić information content (AvgIpc) is 3.48. The SMILES string of the molecule is O=C(Nc1ccc2c(c1)C1(CCOCC1)CN2CC1CC1)c1cnccn1. The number of carbonyl (C=O) groups excluding carboxylic acids is 1. The van der Waals surface area contributed by atoms with Crippen LogP contribution in [0.15, 0.2) is 36.8 Å². The molecule has 0 unspecified atom stereocenters. The molecule has 1 aromatic heterocycles. The summed E-state index contributed by atoms with van der Waals surface area (Å²) >= 11 is 0. The number of ether oxygens (including phenoxy) is 1. The molecule has 2 aliphatic heterocycles. The van der Waals surface area contributed by atoms with Crippen LogP contribution in [0.3, 0.4) is 0 Å². The molecule has 140 valence electrons. The van der Waals surface area contributed by atoms with E-state index in [1.807, 2.05) is 6.07 Å². The van der Waals surface area contributed by atoms with Gasteiger partial charge in [0.25, 0.3) is 5.91 Å². The summed E-state index contributed by atoms with van der Waals surface area (Å²) in [5.74, 6) is 0.626. The number of nitrogens with zero attached hydrogens (tertiary/aromatic N) is 3. The van der Waals surface area contributed by atoms with E-state index in [1.165, 1.54) is 36.5 Å². The van der Waals surface area contributed by atoms with Gasteiger partial charge in [-0.1, -0.05) is 0 Å². The Balaban J connectivity index is 1.44. The van der Waals surface area contributed by atoms with Crippen LogP contribution >= 0.6 is 0 Å². The number of aromatic nitrogens is 2. The summed E-state index contributed by atoms with van der Waals surface area (Å²) in [4.78, 5) is 23.1. The zero-order chi connectivity index (χ0) is 18.3. The first-order valence-electron chi connectivity index (χ1n) is 9.78. The first-order valence-corrected chi connectivity index (χ1v) is 9.78. The molecule has 0 bridgehead atoms. The number of carbonyl (C=O) groups is 1. The number of rotatable bonds is 4. The largest absolute Gasteiger partial charge is 0.381 e. The number of amides is 1. The van der Waals surface area contributed by atoms with Gasteiger partial charge in [-0.3, -0.25) is 9.78 Å². The average molecular weight is 364 g/mol. The minimum absolute atomic E-state index is 0.149. The number of benzene rings is 1. The number of hydrogen-bond acceptors (Lipinski definition) is 5. The standard InChI is InChI=1S/C21H24N4O2/c26-20(18-12-22-7-8-23-18)24-16-3-4-19-17(11-16)21(5-9-27-10-6-21)14-25(19)13-15-1-2-15/h3-4,7-8,11-12,15H,1-2,5-6,9-10,13-14H2,(H,24,26). The predicted octanol–water partition coefficient (Wildman–Crippen LogP) is 3.01. The van der Waals surface area contributed by atoms with Crippen LogP contribution in [0, 0.1) is 5.92 Å². The summed E-state index contributed by atoms with van der Waals surface area (Å²) < 4.78 is 5.65. The van der Waals surface area contributed by atoms with E-state index in [2.05, 4.69) is 32.3 Å². The van der Waals surface area contributed by atoms with Gasteiger partial charge in [-0.15, -0.1) is 0 Å². The lowest BCUT2D eigenvalue weighted by Gasteiger charge is -2.34. The van der Waals surface area contributed by atoms with Crippen LogP contribution in [0.5, 0.6) is 0 Å². The Morgan fingerprint density at radius 1 is 1.26 bits per heavy atom. The van der Waals surface area contributed by atoms with Gasteiger partial charge in [0, 0.05) is 55.5 Å². The maximum absolute atomic E-state index is 12.5. The van der Waals surface area contributed by atoms with Crippen LogP contribution in [-0.4, -0.2) is 42.2 Å². The monoisotopic (exact) mass is 364 g/mol. The number of nitrogens with one attached hydrogen (secondary N) is 1. The highest BCUT2D eigenvalue weighted by molar-refractivity contribution is 6.02. The predicted molar refractivity (Wildman–Crippen MR) is 103 cm³/mol. The number of anilines is 2. The molecular weight excluding hydrogens is 340 g/mol. The smallest absolute Gasteiger partial charge is 0.275 e. The molecule has 1 spiro atoms. The van der Waals surface area contributed by atoms with E-state index in [9.17, 15) is 4.79 Å². The molecular formula is C21H24N4O2. The minimum atomic E-state index is -0.225.